The third kappa shape index (κ3) is 3.70. The van der Waals surface area contributed by atoms with Gasteiger partial charge in [-0.2, -0.15) is 5.10 Å². The first-order chi connectivity index (χ1) is 11.2. The molecule has 7 nitrogen and oxygen atoms in total. The van der Waals surface area contributed by atoms with Gasteiger partial charge in [-0.15, -0.1) is 0 Å². The van der Waals surface area contributed by atoms with E-state index in [0.717, 1.165) is 0 Å². The van der Waals surface area contributed by atoms with E-state index in [4.69, 9.17) is 4.42 Å². The van der Waals surface area contributed by atoms with Gasteiger partial charge in [0.15, 0.2) is 0 Å². The first-order valence-corrected chi connectivity index (χ1v) is 7.06. The quantitative estimate of drug-likeness (QED) is 0.552. The lowest BCUT2D eigenvalue weighted by Crippen LogP contribution is -2.21. The van der Waals surface area contributed by atoms with Crippen LogP contribution < -0.4 is 11.0 Å². The molecule has 1 amide bonds. The third-order valence-corrected chi connectivity index (χ3v) is 3.18. The SMILES string of the molecule is O=C(CCc1nc2ccccc2[nH]c1=O)N/N=C\c1ccco1. The van der Waals surface area contributed by atoms with Crippen molar-refractivity contribution in [2.45, 2.75) is 12.8 Å². The van der Waals surface area contributed by atoms with Crippen LogP contribution in [0.2, 0.25) is 0 Å². The number of rotatable bonds is 5. The van der Waals surface area contributed by atoms with Crippen LogP contribution in [0.15, 0.2) is 57.0 Å². The standard InChI is InChI=1S/C16H14N4O3/c21-15(20-17-10-11-4-3-9-23-11)8-7-14-16(22)19-13-6-2-1-5-12(13)18-14/h1-6,9-10H,7-8H2,(H,19,22)(H,20,21)/b17-10-. The summed E-state index contributed by atoms with van der Waals surface area (Å²) in [5.41, 5.74) is 3.79. The zero-order valence-electron chi connectivity index (χ0n) is 12.2. The number of carbonyl (C=O) groups is 1. The Labute approximate surface area is 131 Å². The van der Waals surface area contributed by atoms with Gasteiger partial charge in [-0.25, -0.2) is 10.4 Å². The summed E-state index contributed by atoms with van der Waals surface area (Å²) < 4.78 is 5.05. The number of hydrogen-bond donors (Lipinski definition) is 2. The average molecular weight is 310 g/mol. The van der Waals surface area contributed by atoms with Gasteiger partial charge in [0.05, 0.1) is 23.5 Å². The zero-order chi connectivity index (χ0) is 16.1. The Morgan fingerprint density at radius 2 is 2.17 bits per heavy atom. The molecular formula is C16H14N4O3. The van der Waals surface area contributed by atoms with E-state index in [1.165, 1.54) is 12.5 Å². The number of aromatic amines is 1. The number of carbonyl (C=O) groups excluding carboxylic acids is 1. The van der Waals surface area contributed by atoms with Crippen LogP contribution in [-0.4, -0.2) is 22.1 Å². The molecule has 7 heteroatoms. The van der Waals surface area contributed by atoms with E-state index in [1.54, 1.807) is 18.2 Å². The Morgan fingerprint density at radius 3 is 3.00 bits per heavy atom. The number of hydrogen-bond acceptors (Lipinski definition) is 5. The highest BCUT2D eigenvalue weighted by Crippen LogP contribution is 2.06. The first-order valence-electron chi connectivity index (χ1n) is 7.06. The predicted molar refractivity (Wildman–Crippen MR) is 85.1 cm³/mol. The highest BCUT2D eigenvalue weighted by Gasteiger charge is 2.07. The summed E-state index contributed by atoms with van der Waals surface area (Å²) in [4.78, 5) is 30.7. The molecule has 0 radical (unpaired) electrons. The molecule has 0 saturated carbocycles. The molecular weight excluding hydrogens is 296 g/mol. The molecule has 0 bridgehead atoms. The van der Waals surface area contributed by atoms with Gasteiger partial charge in [0.1, 0.15) is 11.5 Å². The number of H-pyrrole nitrogens is 1. The minimum Gasteiger partial charge on any atom is -0.463 e. The van der Waals surface area contributed by atoms with Crippen molar-refractivity contribution in [2.24, 2.45) is 5.10 Å². The van der Waals surface area contributed by atoms with Gasteiger partial charge in [-0.1, -0.05) is 12.1 Å². The summed E-state index contributed by atoms with van der Waals surface area (Å²) in [6, 6.07) is 10.7. The van der Waals surface area contributed by atoms with Crippen molar-refractivity contribution in [3.05, 3.63) is 64.5 Å². The zero-order valence-corrected chi connectivity index (χ0v) is 12.2. The molecule has 2 N–H and O–H groups in total. The fraction of sp³-hybridized carbons (Fsp3) is 0.125. The normalized spacial score (nSPS) is 11.1. The lowest BCUT2D eigenvalue weighted by atomic mass is 10.2. The van der Waals surface area contributed by atoms with Crippen LogP contribution in [-0.2, 0) is 11.2 Å². The van der Waals surface area contributed by atoms with Crippen LogP contribution in [0, 0.1) is 0 Å². The van der Waals surface area contributed by atoms with Crippen LogP contribution in [0.4, 0.5) is 0 Å². The molecule has 2 aromatic heterocycles. The Bertz CT molecular complexity index is 897. The van der Waals surface area contributed by atoms with Gasteiger partial charge in [0.2, 0.25) is 5.91 Å². The highest BCUT2D eigenvalue weighted by atomic mass is 16.3. The van der Waals surface area contributed by atoms with Crippen molar-refractivity contribution in [2.75, 3.05) is 0 Å². The molecule has 3 rings (SSSR count). The lowest BCUT2D eigenvalue weighted by molar-refractivity contribution is -0.121. The maximum Gasteiger partial charge on any atom is 0.270 e. The number of para-hydroxylation sites is 2. The molecule has 0 fully saturated rings. The van der Waals surface area contributed by atoms with E-state index in [2.05, 4.69) is 20.5 Å². The molecule has 0 aliphatic carbocycles. The lowest BCUT2D eigenvalue weighted by Gasteiger charge is -2.02. The highest BCUT2D eigenvalue weighted by molar-refractivity contribution is 5.80. The number of benzene rings is 1. The summed E-state index contributed by atoms with van der Waals surface area (Å²) in [5, 5.41) is 3.77. The summed E-state index contributed by atoms with van der Waals surface area (Å²) in [5.74, 6) is 0.236. The summed E-state index contributed by atoms with van der Waals surface area (Å²) in [6.45, 7) is 0. The van der Waals surface area contributed by atoms with Gasteiger partial charge in [0, 0.05) is 12.8 Å². The minimum atomic E-state index is -0.304. The molecule has 3 aromatic rings. The molecule has 0 aliphatic heterocycles. The molecule has 0 spiro atoms. The Morgan fingerprint density at radius 1 is 1.30 bits per heavy atom. The monoisotopic (exact) mass is 310 g/mol. The Hall–Kier alpha value is -3.22. The van der Waals surface area contributed by atoms with Crippen molar-refractivity contribution in [1.29, 1.82) is 0 Å². The van der Waals surface area contributed by atoms with Gasteiger partial charge < -0.3 is 9.40 Å². The fourth-order valence-electron chi connectivity index (χ4n) is 2.06. The number of aryl methyl sites for hydroxylation is 1. The molecule has 2 heterocycles. The molecule has 116 valence electrons. The van der Waals surface area contributed by atoms with E-state index >= 15 is 0 Å². The number of nitrogens with one attached hydrogen (secondary N) is 2. The van der Waals surface area contributed by atoms with Crippen LogP contribution in [0.1, 0.15) is 17.9 Å². The number of hydrazone groups is 1. The number of fused-ring (bicyclic) bond motifs is 1. The topological polar surface area (TPSA) is 100 Å². The molecule has 0 unspecified atom stereocenters. The Kier molecular flexibility index (Phi) is 4.28. The second-order valence-electron chi connectivity index (χ2n) is 4.84. The minimum absolute atomic E-state index is 0.115. The number of aromatic nitrogens is 2. The van der Waals surface area contributed by atoms with Crippen molar-refractivity contribution in [3.63, 3.8) is 0 Å². The summed E-state index contributed by atoms with van der Waals surface area (Å²) >= 11 is 0. The molecule has 0 aliphatic rings. The molecule has 0 saturated heterocycles. The second kappa shape index (κ2) is 6.69. The Balaban J connectivity index is 1.60. The van der Waals surface area contributed by atoms with Gasteiger partial charge in [-0.05, 0) is 24.3 Å². The van der Waals surface area contributed by atoms with E-state index in [1.807, 2.05) is 18.2 Å². The molecule has 1 aromatic carbocycles. The number of furan rings is 1. The van der Waals surface area contributed by atoms with Crippen molar-refractivity contribution >= 4 is 23.2 Å². The van der Waals surface area contributed by atoms with Crippen LogP contribution >= 0.6 is 0 Å². The fourth-order valence-corrected chi connectivity index (χ4v) is 2.06. The molecule has 23 heavy (non-hydrogen) atoms. The smallest absolute Gasteiger partial charge is 0.270 e. The average Bonchev–Trinajstić information content (AvgIpc) is 3.06. The van der Waals surface area contributed by atoms with E-state index in [9.17, 15) is 9.59 Å². The summed E-state index contributed by atoms with van der Waals surface area (Å²) in [6.07, 6.45) is 3.27. The van der Waals surface area contributed by atoms with Gasteiger partial charge in [0.25, 0.3) is 5.56 Å². The van der Waals surface area contributed by atoms with Crippen LogP contribution in [0.3, 0.4) is 0 Å². The predicted octanol–water partition coefficient (Wildman–Crippen LogP) is 1.60. The number of nitrogens with zero attached hydrogens (tertiary/aromatic N) is 2. The summed E-state index contributed by atoms with van der Waals surface area (Å²) in [7, 11) is 0. The van der Waals surface area contributed by atoms with Gasteiger partial charge >= 0.3 is 0 Å². The van der Waals surface area contributed by atoms with Crippen LogP contribution in [0.25, 0.3) is 11.0 Å². The maximum absolute atomic E-state index is 11.9. The molecule has 0 atom stereocenters. The number of amides is 1. The maximum atomic E-state index is 11.9. The first kappa shape index (κ1) is 14.7. The van der Waals surface area contributed by atoms with Crippen molar-refractivity contribution < 1.29 is 9.21 Å². The van der Waals surface area contributed by atoms with Crippen molar-refractivity contribution in [3.8, 4) is 0 Å². The largest absolute Gasteiger partial charge is 0.463 e. The van der Waals surface area contributed by atoms with Crippen LogP contribution in [0.5, 0.6) is 0 Å². The van der Waals surface area contributed by atoms with E-state index < -0.39 is 0 Å². The van der Waals surface area contributed by atoms with E-state index in [0.29, 0.717) is 22.5 Å². The van der Waals surface area contributed by atoms with E-state index in [-0.39, 0.29) is 24.3 Å². The van der Waals surface area contributed by atoms with Gasteiger partial charge in [-0.3, -0.25) is 9.59 Å². The van der Waals surface area contributed by atoms with Crippen molar-refractivity contribution in [1.82, 2.24) is 15.4 Å². The third-order valence-electron chi connectivity index (χ3n) is 3.18. The second-order valence-corrected chi connectivity index (χ2v) is 4.84.